The minimum atomic E-state index is -1.13. The molecular weight excluding hydrogens is 484 g/mol. The summed E-state index contributed by atoms with van der Waals surface area (Å²) in [5.41, 5.74) is 5.28. The highest BCUT2D eigenvalue weighted by atomic mass is 16.6. The van der Waals surface area contributed by atoms with E-state index in [4.69, 9.17) is 14.2 Å². The zero-order valence-electron chi connectivity index (χ0n) is 21.3. The number of ether oxygens (including phenoxy) is 3. The molecule has 0 bridgehead atoms. The molecule has 4 rings (SSSR count). The molecule has 1 heterocycles. The molecule has 196 valence electrons. The quantitative estimate of drug-likeness (QED) is 0.266. The second kappa shape index (κ2) is 12.5. The number of benzene rings is 3. The molecule has 4 aromatic rings. The van der Waals surface area contributed by atoms with Gasteiger partial charge < -0.3 is 24.3 Å². The second-order valence-electron chi connectivity index (χ2n) is 8.73. The van der Waals surface area contributed by atoms with Crippen molar-refractivity contribution in [1.29, 1.82) is 0 Å². The topological polar surface area (TPSA) is 101 Å². The molecule has 1 amide bonds. The molecule has 8 nitrogen and oxygen atoms in total. The molecule has 0 fully saturated rings. The van der Waals surface area contributed by atoms with Gasteiger partial charge in [-0.05, 0) is 66.1 Å². The van der Waals surface area contributed by atoms with Gasteiger partial charge in [-0.25, -0.2) is 4.79 Å². The third kappa shape index (κ3) is 7.16. The number of carbonyl (C=O) groups excluding carboxylic acids is 1. The lowest BCUT2D eigenvalue weighted by Crippen LogP contribution is -2.37. The number of hydrogen-bond acceptors (Lipinski definition) is 5. The molecule has 0 unspecified atom stereocenters. The molecule has 0 aliphatic rings. The van der Waals surface area contributed by atoms with Crippen molar-refractivity contribution in [3.05, 3.63) is 102 Å². The zero-order valence-corrected chi connectivity index (χ0v) is 21.3. The number of aromatic amines is 1. The van der Waals surface area contributed by atoms with E-state index in [0.29, 0.717) is 23.9 Å². The molecule has 8 heteroatoms. The Morgan fingerprint density at radius 2 is 1.55 bits per heavy atom. The van der Waals surface area contributed by atoms with Crippen LogP contribution in [0.4, 0.5) is 4.79 Å². The van der Waals surface area contributed by atoms with Gasteiger partial charge in [0.2, 0.25) is 0 Å². The Hall–Kier alpha value is -4.72. The van der Waals surface area contributed by atoms with Crippen LogP contribution in [0.15, 0.2) is 84.9 Å². The van der Waals surface area contributed by atoms with Gasteiger partial charge in [0.25, 0.3) is 0 Å². The fraction of sp³-hybridized carbons (Fsp3) is 0.200. The van der Waals surface area contributed by atoms with E-state index in [1.54, 1.807) is 36.4 Å². The number of carboxylic acids is 1. The number of nitrogens with one attached hydrogen (secondary N) is 1. The first-order chi connectivity index (χ1) is 18.4. The first-order valence-electron chi connectivity index (χ1n) is 12.2. The Morgan fingerprint density at radius 3 is 2.21 bits per heavy atom. The van der Waals surface area contributed by atoms with Crippen LogP contribution in [0.2, 0.25) is 0 Å². The van der Waals surface area contributed by atoms with Gasteiger partial charge in [0.15, 0.2) is 0 Å². The summed E-state index contributed by atoms with van der Waals surface area (Å²) in [4.78, 5) is 28.6. The molecule has 0 radical (unpaired) electrons. The summed E-state index contributed by atoms with van der Waals surface area (Å²) < 4.78 is 16.4. The Kier molecular flexibility index (Phi) is 8.66. The van der Waals surface area contributed by atoms with E-state index >= 15 is 0 Å². The van der Waals surface area contributed by atoms with Crippen LogP contribution in [0.25, 0.3) is 11.3 Å². The fourth-order valence-corrected chi connectivity index (χ4v) is 3.98. The largest absolute Gasteiger partial charge is 0.497 e. The van der Waals surface area contributed by atoms with Crippen LogP contribution in [0.1, 0.15) is 16.8 Å². The maximum atomic E-state index is 12.7. The monoisotopic (exact) mass is 514 g/mol. The molecule has 0 atom stereocenters. The standard InChI is InChI=1S/C30H30N2O6/c1-21-24(18-28(31-21)23-6-4-3-5-7-23)16-17-37-26-10-8-22(9-11-26)19-32(20-29(33)34)30(35)38-27-14-12-25(36-2)13-15-27/h3-15,18,31H,16-17,19-20H2,1-2H3,(H,33,34). The van der Waals surface area contributed by atoms with E-state index in [-0.39, 0.29) is 6.54 Å². The van der Waals surface area contributed by atoms with Gasteiger partial charge in [-0.1, -0.05) is 42.5 Å². The molecular formula is C30H30N2O6. The van der Waals surface area contributed by atoms with Crippen LogP contribution in [0.5, 0.6) is 17.2 Å². The summed E-state index contributed by atoms with van der Waals surface area (Å²) >= 11 is 0. The number of amides is 1. The van der Waals surface area contributed by atoms with Gasteiger partial charge in [0.05, 0.1) is 13.7 Å². The lowest BCUT2D eigenvalue weighted by Gasteiger charge is -2.20. The van der Waals surface area contributed by atoms with Crippen LogP contribution in [-0.2, 0) is 17.8 Å². The number of H-pyrrole nitrogens is 1. The van der Waals surface area contributed by atoms with Crippen molar-refractivity contribution < 1.29 is 28.9 Å². The van der Waals surface area contributed by atoms with Crippen molar-refractivity contribution >= 4 is 12.1 Å². The SMILES string of the molecule is COc1ccc(OC(=O)N(CC(=O)O)Cc2ccc(OCCc3cc(-c4ccccc4)[nH]c3C)cc2)cc1. The Balaban J connectivity index is 1.32. The van der Waals surface area contributed by atoms with E-state index in [1.807, 2.05) is 30.3 Å². The summed E-state index contributed by atoms with van der Waals surface area (Å²) in [7, 11) is 1.54. The third-order valence-electron chi connectivity index (χ3n) is 5.99. The van der Waals surface area contributed by atoms with Crippen molar-refractivity contribution in [2.45, 2.75) is 19.9 Å². The van der Waals surface area contributed by atoms with Gasteiger partial charge in [-0.15, -0.1) is 0 Å². The van der Waals surface area contributed by atoms with Crippen LogP contribution in [-0.4, -0.2) is 47.3 Å². The lowest BCUT2D eigenvalue weighted by molar-refractivity contribution is -0.138. The summed E-state index contributed by atoms with van der Waals surface area (Å²) in [5, 5.41) is 9.28. The van der Waals surface area contributed by atoms with E-state index in [1.165, 1.54) is 12.7 Å². The van der Waals surface area contributed by atoms with Crippen LogP contribution in [0.3, 0.4) is 0 Å². The lowest BCUT2D eigenvalue weighted by atomic mass is 10.1. The molecule has 3 aromatic carbocycles. The highest BCUT2D eigenvalue weighted by molar-refractivity contribution is 5.78. The maximum Gasteiger partial charge on any atom is 0.416 e. The first-order valence-corrected chi connectivity index (χ1v) is 12.2. The number of methoxy groups -OCH3 is 1. The molecule has 0 saturated carbocycles. The molecule has 0 aliphatic heterocycles. The Labute approximate surface area is 221 Å². The Bertz CT molecular complexity index is 1350. The third-order valence-corrected chi connectivity index (χ3v) is 5.99. The summed E-state index contributed by atoms with van der Waals surface area (Å²) in [5.74, 6) is 0.473. The van der Waals surface area contributed by atoms with Crippen molar-refractivity contribution in [1.82, 2.24) is 9.88 Å². The minimum absolute atomic E-state index is 0.0758. The average molecular weight is 515 g/mol. The number of hydrogen-bond donors (Lipinski definition) is 2. The summed E-state index contributed by atoms with van der Waals surface area (Å²) in [6.07, 6.45) is -0.00446. The minimum Gasteiger partial charge on any atom is -0.497 e. The number of aliphatic carboxylic acids is 1. The van der Waals surface area contributed by atoms with Gasteiger partial charge >= 0.3 is 12.1 Å². The summed E-state index contributed by atoms with van der Waals surface area (Å²) in [6.45, 7) is 2.14. The number of carbonyl (C=O) groups is 2. The number of aromatic nitrogens is 1. The van der Waals surface area contributed by atoms with Crippen LogP contribution in [0, 0.1) is 6.92 Å². The van der Waals surface area contributed by atoms with Crippen molar-refractivity contribution in [2.75, 3.05) is 20.3 Å². The van der Waals surface area contributed by atoms with Crippen LogP contribution >= 0.6 is 0 Å². The van der Waals surface area contributed by atoms with E-state index in [2.05, 4.69) is 30.1 Å². The number of carboxylic acid groups (broad SMARTS) is 1. The smallest absolute Gasteiger partial charge is 0.416 e. The van der Waals surface area contributed by atoms with Gasteiger partial charge in [-0.3, -0.25) is 9.69 Å². The highest BCUT2D eigenvalue weighted by Gasteiger charge is 2.19. The van der Waals surface area contributed by atoms with Gasteiger partial charge in [0, 0.05) is 24.4 Å². The molecule has 0 saturated heterocycles. The predicted molar refractivity (Wildman–Crippen MR) is 144 cm³/mol. The highest BCUT2D eigenvalue weighted by Crippen LogP contribution is 2.23. The number of aryl methyl sites for hydroxylation is 1. The zero-order chi connectivity index (χ0) is 26.9. The van der Waals surface area contributed by atoms with Crippen molar-refractivity contribution in [3.8, 4) is 28.5 Å². The molecule has 1 aromatic heterocycles. The summed E-state index contributed by atoms with van der Waals surface area (Å²) in [6, 6.07) is 26.0. The van der Waals surface area contributed by atoms with E-state index in [9.17, 15) is 14.7 Å². The maximum absolute atomic E-state index is 12.7. The number of nitrogens with zero attached hydrogens (tertiary/aromatic N) is 1. The first kappa shape index (κ1) is 26.3. The number of rotatable bonds is 11. The molecule has 2 N–H and O–H groups in total. The Morgan fingerprint density at radius 1 is 0.895 bits per heavy atom. The van der Waals surface area contributed by atoms with Crippen molar-refractivity contribution in [2.24, 2.45) is 0 Å². The van der Waals surface area contributed by atoms with Gasteiger partial charge in [-0.2, -0.15) is 0 Å². The normalized spacial score (nSPS) is 10.6. The molecule has 0 spiro atoms. The fourth-order valence-electron chi connectivity index (χ4n) is 3.98. The molecule has 38 heavy (non-hydrogen) atoms. The second-order valence-corrected chi connectivity index (χ2v) is 8.73. The van der Waals surface area contributed by atoms with Gasteiger partial charge in [0.1, 0.15) is 23.8 Å². The van der Waals surface area contributed by atoms with E-state index < -0.39 is 18.6 Å². The average Bonchev–Trinajstić information content (AvgIpc) is 3.30. The predicted octanol–water partition coefficient (Wildman–Crippen LogP) is 5.71. The van der Waals surface area contributed by atoms with Crippen LogP contribution < -0.4 is 14.2 Å². The molecule has 0 aliphatic carbocycles. The van der Waals surface area contributed by atoms with Crippen molar-refractivity contribution in [3.63, 3.8) is 0 Å². The van der Waals surface area contributed by atoms with E-state index in [0.717, 1.165) is 33.8 Å².